The van der Waals surface area contributed by atoms with Crippen LogP contribution in [0.3, 0.4) is 0 Å². The lowest BCUT2D eigenvalue weighted by molar-refractivity contribution is -0.359. The number of aryl methyl sites for hydroxylation is 2. The van der Waals surface area contributed by atoms with Crippen LogP contribution in [-0.2, 0) is 23.7 Å². The van der Waals surface area contributed by atoms with E-state index in [1.54, 1.807) is 12.1 Å². The van der Waals surface area contributed by atoms with Gasteiger partial charge in [-0.2, -0.15) is 0 Å². The Morgan fingerprint density at radius 2 is 1.46 bits per heavy atom. The fraction of sp³-hybridized carbons (Fsp3) is 0.641. The summed E-state index contributed by atoms with van der Waals surface area (Å²) in [5, 5.41) is 0. The minimum atomic E-state index is -0.775. The second-order valence-corrected chi connectivity index (χ2v) is 15.6. The first-order valence-corrected chi connectivity index (χ1v) is 17.2. The second kappa shape index (κ2) is 12.1. The minimum absolute atomic E-state index is 0.109. The van der Waals surface area contributed by atoms with Crippen LogP contribution in [0.1, 0.15) is 111 Å². The lowest BCUT2D eigenvalue weighted by atomic mass is 9.43. The largest absolute Gasteiger partial charge is 0.462 e. The summed E-state index contributed by atoms with van der Waals surface area (Å²) in [7, 11) is 0. The SMILES string of the molecule is Cc1ccccc1C(=O)OCCC1(COC(=O)c2ccccc2C)CC[C@@]2(O1)[C@H](C)CCC1[C@]3(C)COC(C)(C)O[C@H]3CC[C@@]12C. The lowest BCUT2D eigenvalue weighted by Gasteiger charge is -2.67. The molecule has 7 atom stereocenters. The van der Waals surface area contributed by atoms with Gasteiger partial charge in [-0.1, -0.05) is 57.2 Å². The molecule has 4 fully saturated rings. The van der Waals surface area contributed by atoms with Gasteiger partial charge in [-0.3, -0.25) is 0 Å². The van der Waals surface area contributed by atoms with E-state index < -0.39 is 17.0 Å². The van der Waals surface area contributed by atoms with Gasteiger partial charge in [0.05, 0.1) is 36.0 Å². The third kappa shape index (κ3) is 5.60. The Hall–Kier alpha value is -2.74. The van der Waals surface area contributed by atoms with Crippen molar-refractivity contribution in [3.05, 3.63) is 70.8 Å². The Balaban J connectivity index is 1.27. The van der Waals surface area contributed by atoms with Crippen molar-refractivity contribution in [2.45, 2.75) is 117 Å². The molecule has 2 saturated heterocycles. The zero-order valence-electron chi connectivity index (χ0n) is 28.8. The number of hydrogen-bond acceptors (Lipinski definition) is 7. The number of esters is 2. The van der Waals surface area contributed by atoms with Crippen molar-refractivity contribution in [3.8, 4) is 0 Å². The molecule has 2 aliphatic carbocycles. The van der Waals surface area contributed by atoms with Crippen LogP contribution in [0.15, 0.2) is 48.5 Å². The van der Waals surface area contributed by atoms with E-state index in [2.05, 4.69) is 20.8 Å². The van der Waals surface area contributed by atoms with E-state index in [1.807, 2.05) is 64.1 Å². The summed E-state index contributed by atoms with van der Waals surface area (Å²) < 4.78 is 32.3. The number of carbonyl (C=O) groups excluding carboxylic acids is 2. The van der Waals surface area contributed by atoms with Crippen molar-refractivity contribution >= 4 is 11.9 Å². The molecule has 4 aliphatic rings. The molecule has 2 unspecified atom stereocenters. The van der Waals surface area contributed by atoms with E-state index in [4.69, 9.17) is 23.7 Å². The van der Waals surface area contributed by atoms with E-state index in [0.29, 0.717) is 36.0 Å². The summed E-state index contributed by atoms with van der Waals surface area (Å²) in [5.74, 6) is -0.600. The molecule has 46 heavy (non-hydrogen) atoms. The molecular formula is C39H52O7. The Labute approximate surface area is 274 Å². The Kier molecular flexibility index (Phi) is 8.69. The number of ether oxygens (including phenoxy) is 5. The summed E-state index contributed by atoms with van der Waals surface area (Å²) in [5.41, 5.74) is 1.44. The molecule has 0 radical (unpaired) electrons. The molecule has 0 bridgehead atoms. The maximum atomic E-state index is 13.4. The first kappa shape index (κ1) is 33.2. The van der Waals surface area contributed by atoms with Gasteiger partial charge in [-0.05, 0) is 101 Å². The van der Waals surface area contributed by atoms with Gasteiger partial charge in [0.1, 0.15) is 12.2 Å². The molecule has 0 amide bonds. The lowest BCUT2D eigenvalue weighted by Crippen LogP contribution is -2.69. The number of rotatable bonds is 7. The Morgan fingerprint density at radius 3 is 2.11 bits per heavy atom. The van der Waals surface area contributed by atoms with Crippen LogP contribution < -0.4 is 0 Å². The highest BCUT2D eigenvalue weighted by Crippen LogP contribution is 2.69. The molecule has 0 N–H and O–H groups in total. The van der Waals surface area contributed by atoms with Crippen molar-refractivity contribution in [2.24, 2.45) is 22.7 Å². The van der Waals surface area contributed by atoms with Crippen LogP contribution in [0.4, 0.5) is 0 Å². The number of fused-ring (bicyclic) bond motifs is 4. The monoisotopic (exact) mass is 632 g/mol. The first-order chi connectivity index (χ1) is 21.7. The van der Waals surface area contributed by atoms with Crippen LogP contribution in [0.2, 0.25) is 0 Å². The molecule has 2 aliphatic heterocycles. The predicted octanol–water partition coefficient (Wildman–Crippen LogP) is 8.00. The summed E-state index contributed by atoms with van der Waals surface area (Å²) in [4.78, 5) is 26.4. The predicted molar refractivity (Wildman–Crippen MR) is 176 cm³/mol. The number of benzene rings is 2. The second-order valence-electron chi connectivity index (χ2n) is 15.6. The fourth-order valence-electron chi connectivity index (χ4n) is 9.63. The molecule has 2 aromatic rings. The topological polar surface area (TPSA) is 80.3 Å². The van der Waals surface area contributed by atoms with E-state index in [-0.39, 0.29) is 42.1 Å². The summed E-state index contributed by atoms with van der Waals surface area (Å²) in [6.07, 6.45) is 6.28. The van der Waals surface area contributed by atoms with Gasteiger partial charge in [0.15, 0.2) is 5.79 Å². The van der Waals surface area contributed by atoms with Gasteiger partial charge in [-0.15, -0.1) is 0 Å². The molecule has 7 nitrogen and oxygen atoms in total. The quantitative estimate of drug-likeness (QED) is 0.286. The standard InChI is InChI=1S/C39H52O7/c1-26-12-8-10-14-29(26)33(40)42-23-22-38(25-43-34(41)30-15-11-9-13-27(30)2)20-21-39(46-38)28(3)16-17-31-36(6)24-44-35(4,5)45-32(36)18-19-37(31,39)7/h8-15,28,31-32H,16-25H2,1-7H3/t28-,31?,32+,36+,37+,38?,39-/m1/s1. The highest BCUT2D eigenvalue weighted by Gasteiger charge is 2.70. The highest BCUT2D eigenvalue weighted by atomic mass is 16.7. The zero-order chi connectivity index (χ0) is 33.0. The molecule has 2 aromatic carbocycles. The summed E-state index contributed by atoms with van der Waals surface area (Å²) >= 11 is 0. The minimum Gasteiger partial charge on any atom is -0.462 e. The maximum Gasteiger partial charge on any atom is 0.338 e. The zero-order valence-corrected chi connectivity index (χ0v) is 28.8. The van der Waals surface area contributed by atoms with Gasteiger partial charge in [0, 0.05) is 17.3 Å². The third-order valence-electron chi connectivity index (χ3n) is 12.4. The van der Waals surface area contributed by atoms with E-state index in [0.717, 1.165) is 49.7 Å². The van der Waals surface area contributed by atoms with Gasteiger partial charge < -0.3 is 23.7 Å². The maximum absolute atomic E-state index is 13.4. The Bertz CT molecular complexity index is 1470. The van der Waals surface area contributed by atoms with E-state index in [1.165, 1.54) is 0 Å². The van der Waals surface area contributed by atoms with Crippen molar-refractivity contribution in [1.82, 2.24) is 0 Å². The van der Waals surface area contributed by atoms with Crippen LogP contribution in [0.25, 0.3) is 0 Å². The summed E-state index contributed by atoms with van der Waals surface area (Å²) in [6.45, 7) is 15.9. The normalized spacial score (nSPS) is 36.5. The summed E-state index contributed by atoms with van der Waals surface area (Å²) in [6, 6.07) is 14.9. The van der Waals surface area contributed by atoms with Crippen molar-refractivity contribution in [2.75, 3.05) is 19.8 Å². The van der Waals surface area contributed by atoms with Gasteiger partial charge >= 0.3 is 11.9 Å². The number of hydrogen-bond donors (Lipinski definition) is 0. The first-order valence-electron chi connectivity index (χ1n) is 17.2. The van der Waals surface area contributed by atoms with Crippen LogP contribution in [0, 0.1) is 36.5 Å². The third-order valence-corrected chi connectivity index (χ3v) is 12.4. The average molecular weight is 633 g/mol. The van der Waals surface area contributed by atoms with Crippen LogP contribution in [0.5, 0.6) is 0 Å². The number of carbonyl (C=O) groups is 2. The molecule has 2 heterocycles. The van der Waals surface area contributed by atoms with Crippen LogP contribution >= 0.6 is 0 Å². The van der Waals surface area contributed by atoms with Gasteiger partial charge in [-0.25, -0.2) is 9.59 Å². The molecule has 6 rings (SSSR count). The molecule has 250 valence electrons. The molecule has 7 heteroatoms. The smallest absolute Gasteiger partial charge is 0.338 e. The highest BCUT2D eigenvalue weighted by molar-refractivity contribution is 5.91. The molecule has 0 aromatic heterocycles. The van der Waals surface area contributed by atoms with Crippen molar-refractivity contribution < 1.29 is 33.3 Å². The molecular weight excluding hydrogens is 580 g/mol. The van der Waals surface area contributed by atoms with Crippen LogP contribution in [-0.4, -0.2) is 54.9 Å². The Morgan fingerprint density at radius 1 is 0.826 bits per heavy atom. The van der Waals surface area contributed by atoms with Crippen molar-refractivity contribution in [1.29, 1.82) is 0 Å². The van der Waals surface area contributed by atoms with E-state index >= 15 is 0 Å². The average Bonchev–Trinajstić information content (AvgIpc) is 3.41. The molecule has 1 spiro atoms. The van der Waals surface area contributed by atoms with Crippen molar-refractivity contribution in [3.63, 3.8) is 0 Å². The fourth-order valence-corrected chi connectivity index (χ4v) is 9.63. The molecule has 2 saturated carbocycles. The van der Waals surface area contributed by atoms with E-state index in [9.17, 15) is 9.59 Å². The van der Waals surface area contributed by atoms with Gasteiger partial charge in [0.25, 0.3) is 0 Å². The van der Waals surface area contributed by atoms with Gasteiger partial charge in [0.2, 0.25) is 0 Å².